The minimum absolute atomic E-state index is 0.0183. The Labute approximate surface area is 140 Å². The van der Waals surface area contributed by atoms with Crippen molar-refractivity contribution in [2.24, 2.45) is 0 Å². The number of anilines is 1. The minimum Gasteiger partial charge on any atom is -0.493 e. The zero-order chi connectivity index (χ0) is 17.1. The smallest absolute Gasteiger partial charge is 0.244 e. The molecule has 126 valence electrons. The highest BCUT2D eigenvalue weighted by Gasteiger charge is 2.28. The second kappa shape index (κ2) is 6.78. The van der Waals surface area contributed by atoms with Crippen LogP contribution in [0, 0.1) is 5.82 Å². The van der Waals surface area contributed by atoms with E-state index in [9.17, 15) is 9.18 Å². The van der Waals surface area contributed by atoms with Crippen LogP contribution < -0.4 is 14.8 Å². The molecule has 1 atom stereocenters. The molecule has 2 aromatic carbocycles. The number of likely N-dealkylation sites (N-methyl/N-ethyl adjacent to an activating group) is 1. The Morgan fingerprint density at radius 2 is 1.92 bits per heavy atom. The van der Waals surface area contributed by atoms with Crippen molar-refractivity contribution in [3.8, 4) is 17.2 Å². The molecule has 1 fully saturated rings. The predicted molar refractivity (Wildman–Crippen MR) is 89.1 cm³/mol. The summed E-state index contributed by atoms with van der Waals surface area (Å²) in [7, 11) is 3.29. The van der Waals surface area contributed by atoms with Crippen LogP contribution >= 0.6 is 0 Å². The number of carbonyl (C=O) groups excluding carboxylic acids is 1. The summed E-state index contributed by atoms with van der Waals surface area (Å²) in [6.45, 7) is 0.702. The number of halogens is 1. The zero-order valence-electron chi connectivity index (χ0n) is 13.6. The van der Waals surface area contributed by atoms with Crippen LogP contribution in [0.2, 0.25) is 0 Å². The highest BCUT2D eigenvalue weighted by atomic mass is 19.1. The number of amides is 1. The molecule has 0 saturated carbocycles. The Morgan fingerprint density at radius 3 is 2.54 bits per heavy atom. The van der Waals surface area contributed by atoms with Crippen LogP contribution in [-0.2, 0) is 4.79 Å². The summed E-state index contributed by atoms with van der Waals surface area (Å²) in [5.74, 6) is 0.570. The molecule has 1 aliphatic rings. The van der Waals surface area contributed by atoms with Crippen molar-refractivity contribution < 1.29 is 18.7 Å². The average Bonchev–Trinajstić information content (AvgIpc) is 2.90. The van der Waals surface area contributed by atoms with Gasteiger partial charge in [0, 0.05) is 25.3 Å². The van der Waals surface area contributed by atoms with Crippen molar-refractivity contribution in [3.05, 3.63) is 48.3 Å². The molecule has 1 heterocycles. The third-order valence-corrected chi connectivity index (χ3v) is 3.99. The predicted octanol–water partition coefficient (Wildman–Crippen LogP) is 3.27. The van der Waals surface area contributed by atoms with Crippen LogP contribution in [0.3, 0.4) is 0 Å². The average molecular weight is 330 g/mol. The number of carbonyl (C=O) groups is 1. The first-order valence-electron chi connectivity index (χ1n) is 7.70. The Hall–Kier alpha value is -2.76. The molecule has 24 heavy (non-hydrogen) atoms. The van der Waals surface area contributed by atoms with Gasteiger partial charge in [0.15, 0.2) is 23.1 Å². The largest absolute Gasteiger partial charge is 0.493 e. The Balaban J connectivity index is 1.74. The van der Waals surface area contributed by atoms with Gasteiger partial charge < -0.3 is 19.7 Å². The van der Waals surface area contributed by atoms with E-state index in [4.69, 9.17) is 9.47 Å². The van der Waals surface area contributed by atoms with E-state index in [1.54, 1.807) is 36.2 Å². The van der Waals surface area contributed by atoms with Crippen molar-refractivity contribution in [1.29, 1.82) is 0 Å². The number of benzene rings is 2. The van der Waals surface area contributed by atoms with Crippen molar-refractivity contribution in [2.45, 2.75) is 12.5 Å². The maximum atomic E-state index is 14.3. The molecule has 5 nitrogen and oxygen atoms in total. The van der Waals surface area contributed by atoms with Gasteiger partial charge in [0.25, 0.3) is 0 Å². The lowest BCUT2D eigenvalue weighted by molar-refractivity contribution is -0.127. The number of ether oxygens (including phenoxy) is 2. The highest BCUT2D eigenvalue weighted by Crippen LogP contribution is 2.33. The van der Waals surface area contributed by atoms with Crippen LogP contribution in [0.5, 0.6) is 17.2 Å². The Bertz CT molecular complexity index is 751. The Kier molecular flexibility index (Phi) is 4.55. The molecule has 0 unspecified atom stereocenters. The highest BCUT2D eigenvalue weighted by molar-refractivity contribution is 5.86. The maximum absolute atomic E-state index is 14.3. The summed E-state index contributed by atoms with van der Waals surface area (Å²) in [6, 6.07) is 11.3. The number of rotatable bonds is 5. The van der Waals surface area contributed by atoms with Gasteiger partial charge in [-0.1, -0.05) is 12.1 Å². The zero-order valence-corrected chi connectivity index (χ0v) is 13.6. The Morgan fingerprint density at radius 1 is 1.17 bits per heavy atom. The van der Waals surface area contributed by atoms with Gasteiger partial charge in [-0.3, -0.25) is 4.79 Å². The van der Waals surface area contributed by atoms with Crippen LogP contribution in [-0.4, -0.2) is 37.6 Å². The molecule has 0 aromatic heterocycles. The fraction of sp³-hybridized carbons (Fsp3) is 0.278. The molecular formula is C18H19FN2O3. The number of methoxy groups -OCH3 is 1. The number of para-hydroxylation sites is 2. The summed E-state index contributed by atoms with van der Waals surface area (Å²) in [5.41, 5.74) is 0.550. The first-order valence-corrected chi connectivity index (χ1v) is 7.70. The molecule has 0 spiro atoms. The van der Waals surface area contributed by atoms with E-state index < -0.39 is 5.82 Å². The van der Waals surface area contributed by atoms with E-state index in [-0.39, 0.29) is 17.7 Å². The van der Waals surface area contributed by atoms with E-state index >= 15 is 0 Å². The van der Waals surface area contributed by atoms with E-state index in [1.165, 1.54) is 19.2 Å². The molecule has 1 saturated heterocycles. The summed E-state index contributed by atoms with van der Waals surface area (Å²) >= 11 is 0. The molecule has 0 aliphatic carbocycles. The monoisotopic (exact) mass is 330 g/mol. The third kappa shape index (κ3) is 3.27. The van der Waals surface area contributed by atoms with Gasteiger partial charge in [-0.15, -0.1) is 0 Å². The van der Waals surface area contributed by atoms with Gasteiger partial charge in [0.1, 0.15) is 6.04 Å². The summed E-state index contributed by atoms with van der Waals surface area (Å²) < 4.78 is 25.1. The standard InChI is InChI=1S/C18H19FN2O3/c1-21-10-9-14(18(21)22)20-12-7-8-15(13(19)11-12)24-17-6-4-3-5-16(17)23-2/h3-8,11,14,20H,9-10H2,1-2H3/t14-/m1/s1. The molecule has 2 aromatic rings. The van der Waals surface area contributed by atoms with Gasteiger partial charge in [-0.25, -0.2) is 4.39 Å². The van der Waals surface area contributed by atoms with Crippen molar-refractivity contribution >= 4 is 11.6 Å². The lowest BCUT2D eigenvalue weighted by Crippen LogP contribution is -2.30. The lowest BCUT2D eigenvalue weighted by atomic mass is 10.2. The summed E-state index contributed by atoms with van der Waals surface area (Å²) in [5, 5.41) is 3.06. The van der Waals surface area contributed by atoms with E-state index in [0.29, 0.717) is 30.2 Å². The van der Waals surface area contributed by atoms with Crippen LogP contribution in [0.4, 0.5) is 10.1 Å². The second-order valence-corrected chi connectivity index (χ2v) is 5.64. The van der Waals surface area contributed by atoms with Crippen molar-refractivity contribution in [2.75, 3.05) is 26.0 Å². The van der Waals surface area contributed by atoms with Gasteiger partial charge >= 0.3 is 0 Å². The number of hydrogen-bond acceptors (Lipinski definition) is 4. The molecule has 1 N–H and O–H groups in total. The molecule has 3 rings (SSSR count). The number of nitrogens with zero attached hydrogens (tertiary/aromatic N) is 1. The number of likely N-dealkylation sites (tertiary alicyclic amines) is 1. The topological polar surface area (TPSA) is 50.8 Å². The molecule has 0 bridgehead atoms. The lowest BCUT2D eigenvalue weighted by Gasteiger charge is -2.15. The fourth-order valence-electron chi connectivity index (χ4n) is 2.65. The van der Waals surface area contributed by atoms with Crippen LogP contribution in [0.25, 0.3) is 0 Å². The summed E-state index contributed by atoms with van der Waals surface area (Å²) in [4.78, 5) is 13.6. The molecule has 1 amide bonds. The molecule has 1 aliphatic heterocycles. The van der Waals surface area contributed by atoms with Gasteiger partial charge in [0.05, 0.1) is 7.11 Å². The fourth-order valence-corrected chi connectivity index (χ4v) is 2.65. The second-order valence-electron chi connectivity index (χ2n) is 5.64. The van der Waals surface area contributed by atoms with E-state index in [2.05, 4.69) is 5.32 Å². The summed E-state index contributed by atoms with van der Waals surface area (Å²) in [6.07, 6.45) is 0.705. The third-order valence-electron chi connectivity index (χ3n) is 3.99. The molecular weight excluding hydrogens is 311 g/mol. The first kappa shape index (κ1) is 16.1. The van der Waals surface area contributed by atoms with Gasteiger partial charge in [0.2, 0.25) is 5.91 Å². The van der Waals surface area contributed by atoms with Crippen molar-refractivity contribution in [3.63, 3.8) is 0 Å². The molecule has 6 heteroatoms. The van der Waals surface area contributed by atoms with Crippen molar-refractivity contribution in [1.82, 2.24) is 4.90 Å². The van der Waals surface area contributed by atoms with Crippen LogP contribution in [0.15, 0.2) is 42.5 Å². The number of hydrogen-bond donors (Lipinski definition) is 1. The quantitative estimate of drug-likeness (QED) is 0.914. The first-order chi connectivity index (χ1) is 11.6. The van der Waals surface area contributed by atoms with Gasteiger partial charge in [-0.05, 0) is 30.7 Å². The molecule has 0 radical (unpaired) electrons. The minimum atomic E-state index is -0.510. The SMILES string of the molecule is COc1ccccc1Oc1ccc(N[C@@H]2CCN(C)C2=O)cc1F. The maximum Gasteiger partial charge on any atom is 0.244 e. The number of nitrogens with one attached hydrogen (secondary N) is 1. The normalized spacial score (nSPS) is 17.0. The van der Waals surface area contributed by atoms with Gasteiger partial charge in [-0.2, -0.15) is 0 Å². The van der Waals surface area contributed by atoms with E-state index in [1.807, 2.05) is 6.07 Å². The van der Waals surface area contributed by atoms with Crippen LogP contribution in [0.1, 0.15) is 6.42 Å². The van der Waals surface area contributed by atoms with E-state index in [0.717, 1.165) is 0 Å².